The first-order chi connectivity index (χ1) is 16.4. The number of hydrogen-bond acceptors (Lipinski definition) is 6. The second-order valence-electron chi connectivity index (χ2n) is 7.85. The minimum absolute atomic E-state index is 0.0133. The minimum Gasteiger partial charge on any atom is -0.465 e. The number of carbonyl (C=O) groups is 2. The summed E-state index contributed by atoms with van der Waals surface area (Å²) in [5, 5.41) is 18.7. The van der Waals surface area contributed by atoms with Crippen LogP contribution in [0.15, 0.2) is 70.6 Å². The largest absolute Gasteiger partial charge is 0.465 e. The topological polar surface area (TPSA) is 121 Å². The van der Waals surface area contributed by atoms with Crippen LogP contribution in [0.5, 0.6) is 0 Å². The zero-order chi connectivity index (χ0) is 24.5. The lowest BCUT2D eigenvalue weighted by Gasteiger charge is -2.30. The molecule has 2 aromatic carbocycles. The number of hydrogen-bond donors (Lipinski definition) is 1. The van der Waals surface area contributed by atoms with Gasteiger partial charge in [-0.3, -0.25) is 19.5 Å². The third-order valence-corrected chi connectivity index (χ3v) is 5.92. The van der Waals surface area contributed by atoms with Gasteiger partial charge in [0.25, 0.3) is 11.5 Å². The lowest BCUT2D eigenvalue weighted by Crippen LogP contribution is -2.54. The van der Waals surface area contributed by atoms with Crippen LogP contribution in [0.3, 0.4) is 0 Å². The zero-order valence-corrected chi connectivity index (χ0v) is 19.0. The Morgan fingerprint density at radius 3 is 2.24 bits per heavy atom. The Bertz CT molecular complexity index is 1370. The van der Waals surface area contributed by atoms with E-state index in [0.717, 1.165) is 5.01 Å². The number of benzene rings is 2. The number of amides is 1. The molecule has 0 bridgehead atoms. The van der Waals surface area contributed by atoms with Crippen molar-refractivity contribution in [2.75, 3.05) is 11.6 Å². The minimum atomic E-state index is -1.96. The van der Waals surface area contributed by atoms with Crippen LogP contribution >= 0.6 is 0 Å². The smallest absolute Gasteiger partial charge is 0.325 e. The predicted octanol–water partition coefficient (Wildman–Crippen LogP) is 2.84. The highest BCUT2D eigenvalue weighted by molar-refractivity contribution is 6.25. The lowest BCUT2D eigenvalue weighted by molar-refractivity contribution is -0.149. The maximum absolute atomic E-state index is 14.1. The second-order valence-corrected chi connectivity index (χ2v) is 7.85. The molecule has 0 spiro atoms. The molecule has 0 aliphatic carbocycles. The maximum Gasteiger partial charge on any atom is 0.325 e. The molecule has 34 heavy (non-hydrogen) atoms. The highest BCUT2D eigenvalue weighted by Crippen LogP contribution is 2.42. The molecule has 2 heterocycles. The second kappa shape index (κ2) is 8.83. The van der Waals surface area contributed by atoms with E-state index >= 15 is 0 Å². The Labute approximate surface area is 195 Å². The number of aromatic nitrogens is 2. The number of aryl methyl sites for hydroxylation is 1. The number of aromatic amines is 1. The summed E-state index contributed by atoms with van der Waals surface area (Å²) in [4.78, 5) is 40.8. The number of para-hydroxylation sites is 2. The van der Waals surface area contributed by atoms with Gasteiger partial charge in [0.15, 0.2) is 5.92 Å². The van der Waals surface area contributed by atoms with E-state index in [1.165, 1.54) is 4.68 Å². The molecule has 1 amide bonds. The molecule has 3 aromatic rings. The van der Waals surface area contributed by atoms with Crippen LogP contribution in [0.4, 0.5) is 5.69 Å². The van der Waals surface area contributed by atoms with Crippen LogP contribution < -0.4 is 10.6 Å². The quantitative estimate of drug-likeness (QED) is 0.571. The molecule has 0 saturated carbocycles. The normalized spacial score (nSPS) is 18.4. The molecule has 0 unspecified atom stereocenters. The van der Waals surface area contributed by atoms with Gasteiger partial charge in [0.1, 0.15) is 5.41 Å². The Balaban J connectivity index is 2.00. The number of nitriles is 1. The van der Waals surface area contributed by atoms with Gasteiger partial charge in [0, 0.05) is 5.69 Å². The van der Waals surface area contributed by atoms with Crippen LogP contribution in [0, 0.1) is 24.2 Å². The fourth-order valence-electron chi connectivity index (χ4n) is 4.43. The molecule has 1 aromatic heterocycles. The van der Waals surface area contributed by atoms with Crippen molar-refractivity contribution in [3.05, 3.63) is 82.3 Å². The molecule has 9 heteroatoms. The summed E-state index contributed by atoms with van der Waals surface area (Å²) in [6.07, 6.45) is 0. The van der Waals surface area contributed by atoms with Crippen LogP contribution in [-0.4, -0.2) is 34.0 Å². The standard InChI is InChI=1S/C25H23N5O4/c1-4-34-23(32)20(15-26)25(17(3)28-30(24(25)33)19-13-9-6-10-14-19)21-16(2)27-29(22(21)31)18-11-7-5-8-12-18/h5-14,20,27H,4H2,1-3H3/t20-,25+/m1/s1. The SMILES string of the molecule is CCOC(=O)[C@@H](C#N)[C@@]1(c2c(C)[nH]n(-c3ccccc3)c2=O)C(=O)N(c2ccccc2)N=C1C. The van der Waals surface area contributed by atoms with Crippen LogP contribution in [0.2, 0.25) is 0 Å². The Morgan fingerprint density at radius 2 is 1.68 bits per heavy atom. The molecule has 0 saturated heterocycles. The van der Waals surface area contributed by atoms with Crippen molar-refractivity contribution in [1.29, 1.82) is 5.26 Å². The number of nitrogens with zero attached hydrogens (tertiary/aromatic N) is 4. The van der Waals surface area contributed by atoms with Gasteiger partial charge in [0.2, 0.25) is 0 Å². The number of anilines is 1. The molecular formula is C25H23N5O4. The molecule has 4 rings (SSSR count). The third kappa shape index (κ3) is 3.31. The fourth-order valence-corrected chi connectivity index (χ4v) is 4.43. The van der Waals surface area contributed by atoms with Crippen molar-refractivity contribution in [3.8, 4) is 11.8 Å². The molecule has 0 radical (unpaired) electrons. The van der Waals surface area contributed by atoms with E-state index in [1.807, 2.05) is 12.1 Å². The number of ether oxygens (including phenoxy) is 1. The lowest BCUT2D eigenvalue weighted by atomic mass is 9.67. The highest BCUT2D eigenvalue weighted by Gasteiger charge is 2.62. The van der Waals surface area contributed by atoms with Crippen molar-refractivity contribution >= 4 is 23.3 Å². The van der Waals surface area contributed by atoms with E-state index in [9.17, 15) is 19.6 Å². The molecule has 172 valence electrons. The van der Waals surface area contributed by atoms with Crippen molar-refractivity contribution in [3.63, 3.8) is 0 Å². The number of rotatable bonds is 6. The van der Waals surface area contributed by atoms with Gasteiger partial charge >= 0.3 is 5.97 Å². The monoisotopic (exact) mass is 457 g/mol. The van der Waals surface area contributed by atoms with Gasteiger partial charge in [-0.2, -0.15) is 15.4 Å². The first-order valence-electron chi connectivity index (χ1n) is 10.8. The number of nitrogens with one attached hydrogen (secondary N) is 1. The van der Waals surface area contributed by atoms with Gasteiger partial charge in [0.05, 0.1) is 35.3 Å². The van der Waals surface area contributed by atoms with Gasteiger partial charge in [-0.15, -0.1) is 0 Å². The summed E-state index contributed by atoms with van der Waals surface area (Å²) in [5.74, 6) is -3.19. The fraction of sp³-hybridized carbons (Fsp3) is 0.240. The van der Waals surface area contributed by atoms with E-state index in [-0.39, 0.29) is 17.9 Å². The molecule has 1 aliphatic rings. The van der Waals surface area contributed by atoms with Crippen molar-refractivity contribution in [1.82, 2.24) is 9.78 Å². The van der Waals surface area contributed by atoms with E-state index < -0.39 is 28.8 Å². The van der Waals surface area contributed by atoms with Gasteiger partial charge in [-0.1, -0.05) is 36.4 Å². The van der Waals surface area contributed by atoms with Gasteiger partial charge < -0.3 is 4.74 Å². The summed E-state index contributed by atoms with van der Waals surface area (Å²) in [7, 11) is 0. The first-order valence-corrected chi connectivity index (χ1v) is 10.8. The van der Waals surface area contributed by atoms with Gasteiger partial charge in [-0.25, -0.2) is 4.68 Å². The average molecular weight is 457 g/mol. The molecule has 1 aliphatic heterocycles. The summed E-state index contributed by atoms with van der Waals surface area (Å²) < 4.78 is 6.45. The number of carbonyl (C=O) groups excluding carboxylic acids is 2. The number of H-pyrrole nitrogens is 1. The van der Waals surface area contributed by atoms with Crippen molar-refractivity contribution in [2.24, 2.45) is 11.0 Å². The Hall–Kier alpha value is -4.45. The van der Waals surface area contributed by atoms with E-state index in [4.69, 9.17) is 4.74 Å². The van der Waals surface area contributed by atoms with Crippen LogP contribution in [-0.2, 0) is 19.7 Å². The zero-order valence-electron chi connectivity index (χ0n) is 19.0. The third-order valence-electron chi connectivity index (χ3n) is 5.92. The van der Waals surface area contributed by atoms with Crippen molar-refractivity contribution in [2.45, 2.75) is 26.2 Å². The summed E-state index contributed by atoms with van der Waals surface area (Å²) >= 11 is 0. The molecule has 9 nitrogen and oxygen atoms in total. The molecular weight excluding hydrogens is 434 g/mol. The number of hydrazone groups is 1. The van der Waals surface area contributed by atoms with E-state index in [1.54, 1.807) is 75.4 Å². The van der Waals surface area contributed by atoms with E-state index in [0.29, 0.717) is 17.1 Å². The number of esters is 1. The highest BCUT2D eigenvalue weighted by atomic mass is 16.5. The van der Waals surface area contributed by atoms with Gasteiger partial charge in [-0.05, 0) is 45.0 Å². The van der Waals surface area contributed by atoms with Crippen LogP contribution in [0.1, 0.15) is 25.1 Å². The van der Waals surface area contributed by atoms with Crippen molar-refractivity contribution < 1.29 is 14.3 Å². The summed E-state index contributed by atoms with van der Waals surface area (Å²) in [6.45, 7) is 4.79. The molecule has 1 N–H and O–H groups in total. The van der Waals surface area contributed by atoms with Crippen LogP contribution in [0.25, 0.3) is 5.69 Å². The Morgan fingerprint density at radius 1 is 1.09 bits per heavy atom. The molecule has 0 fully saturated rings. The first kappa shape index (κ1) is 22.7. The average Bonchev–Trinajstić information content (AvgIpc) is 3.28. The summed E-state index contributed by atoms with van der Waals surface area (Å²) in [5.41, 5.74) is -1.04. The maximum atomic E-state index is 14.1. The molecule has 2 atom stereocenters. The predicted molar refractivity (Wildman–Crippen MR) is 126 cm³/mol. The van der Waals surface area contributed by atoms with E-state index in [2.05, 4.69) is 10.2 Å². The summed E-state index contributed by atoms with van der Waals surface area (Å²) in [6, 6.07) is 19.4. The Kier molecular flexibility index (Phi) is 5.90.